The predicted molar refractivity (Wildman–Crippen MR) is 65.9 cm³/mol. The smallest absolute Gasteiger partial charge is 0.109 e. The largest absolute Gasteiger partial charge is 0.286 e. The van der Waals surface area contributed by atoms with Gasteiger partial charge in [-0.3, -0.25) is 4.90 Å². The first-order valence-corrected chi connectivity index (χ1v) is 6.82. The standard InChI is InChI=1S/C14H24N2/c1-12-8-13(2)10-14(9-12,11-15)16-6-4-3-5-7-16/h12-13H,3-10H2,1-2H3. The second-order valence-corrected chi connectivity index (χ2v) is 6.05. The molecule has 0 radical (unpaired) electrons. The molecule has 2 aliphatic rings. The van der Waals surface area contributed by atoms with Crippen LogP contribution in [0.1, 0.15) is 52.4 Å². The van der Waals surface area contributed by atoms with Crippen molar-refractivity contribution in [3.63, 3.8) is 0 Å². The Labute approximate surface area is 99.6 Å². The van der Waals surface area contributed by atoms with Crippen LogP contribution in [0.2, 0.25) is 0 Å². The van der Waals surface area contributed by atoms with Crippen molar-refractivity contribution in [1.82, 2.24) is 4.90 Å². The Morgan fingerprint density at radius 1 is 1.06 bits per heavy atom. The van der Waals surface area contributed by atoms with Gasteiger partial charge in [0.1, 0.15) is 5.54 Å². The molecule has 2 unspecified atom stereocenters. The van der Waals surface area contributed by atoms with E-state index in [2.05, 4.69) is 24.8 Å². The van der Waals surface area contributed by atoms with Gasteiger partial charge in [0.25, 0.3) is 0 Å². The van der Waals surface area contributed by atoms with Gasteiger partial charge >= 0.3 is 0 Å². The quantitative estimate of drug-likeness (QED) is 0.678. The van der Waals surface area contributed by atoms with Crippen molar-refractivity contribution in [2.24, 2.45) is 11.8 Å². The lowest BCUT2D eigenvalue weighted by Crippen LogP contribution is -2.53. The summed E-state index contributed by atoms with van der Waals surface area (Å²) in [7, 11) is 0. The van der Waals surface area contributed by atoms with Crippen LogP contribution in [0.3, 0.4) is 0 Å². The number of rotatable bonds is 1. The summed E-state index contributed by atoms with van der Waals surface area (Å²) < 4.78 is 0. The number of nitriles is 1. The average Bonchev–Trinajstić information content (AvgIpc) is 2.29. The normalized spacial score (nSPS) is 41.6. The summed E-state index contributed by atoms with van der Waals surface area (Å²) in [5, 5.41) is 9.64. The molecular formula is C14H24N2. The molecule has 1 heterocycles. The van der Waals surface area contributed by atoms with Crippen molar-refractivity contribution in [3.05, 3.63) is 0 Å². The maximum absolute atomic E-state index is 9.64. The molecule has 2 rings (SSSR count). The maximum Gasteiger partial charge on any atom is 0.109 e. The Balaban J connectivity index is 2.14. The third-order valence-electron chi connectivity index (χ3n) is 4.35. The van der Waals surface area contributed by atoms with Crippen LogP contribution in [0, 0.1) is 23.2 Å². The van der Waals surface area contributed by atoms with Crippen molar-refractivity contribution in [2.45, 2.75) is 57.9 Å². The van der Waals surface area contributed by atoms with E-state index in [0.717, 1.165) is 25.9 Å². The van der Waals surface area contributed by atoms with Gasteiger partial charge in [0.05, 0.1) is 6.07 Å². The minimum absolute atomic E-state index is 0.127. The third-order valence-corrected chi connectivity index (χ3v) is 4.35. The molecule has 0 aromatic rings. The molecule has 1 aliphatic carbocycles. The van der Waals surface area contributed by atoms with Crippen molar-refractivity contribution >= 4 is 0 Å². The van der Waals surface area contributed by atoms with Crippen molar-refractivity contribution in [1.29, 1.82) is 5.26 Å². The van der Waals surface area contributed by atoms with Crippen molar-refractivity contribution in [2.75, 3.05) is 13.1 Å². The second kappa shape index (κ2) is 4.75. The van der Waals surface area contributed by atoms with Crippen molar-refractivity contribution in [3.8, 4) is 6.07 Å². The van der Waals surface area contributed by atoms with Crippen LogP contribution >= 0.6 is 0 Å². The molecule has 2 heteroatoms. The van der Waals surface area contributed by atoms with Gasteiger partial charge in [-0.05, 0) is 57.0 Å². The van der Waals surface area contributed by atoms with Crippen LogP contribution in [-0.2, 0) is 0 Å². The second-order valence-electron chi connectivity index (χ2n) is 6.05. The summed E-state index contributed by atoms with van der Waals surface area (Å²) in [6, 6.07) is 2.67. The summed E-state index contributed by atoms with van der Waals surface area (Å²) in [5.74, 6) is 1.43. The van der Waals surface area contributed by atoms with E-state index in [4.69, 9.17) is 0 Å². The molecular weight excluding hydrogens is 196 g/mol. The first-order valence-electron chi connectivity index (χ1n) is 6.82. The molecule has 0 amide bonds. The molecule has 16 heavy (non-hydrogen) atoms. The highest BCUT2D eigenvalue weighted by Gasteiger charge is 2.43. The van der Waals surface area contributed by atoms with Gasteiger partial charge in [-0.25, -0.2) is 0 Å². The maximum atomic E-state index is 9.64. The first-order chi connectivity index (χ1) is 7.66. The van der Waals surface area contributed by atoms with Gasteiger partial charge in [0, 0.05) is 0 Å². The molecule has 0 N–H and O–H groups in total. The molecule has 1 aliphatic heterocycles. The number of hydrogen-bond donors (Lipinski definition) is 0. The monoisotopic (exact) mass is 220 g/mol. The van der Waals surface area contributed by atoms with Crippen LogP contribution in [0.15, 0.2) is 0 Å². The van der Waals surface area contributed by atoms with Crippen molar-refractivity contribution < 1.29 is 0 Å². The summed E-state index contributed by atoms with van der Waals surface area (Å²) in [6.45, 7) is 6.91. The van der Waals surface area contributed by atoms with Gasteiger partial charge < -0.3 is 0 Å². The summed E-state index contributed by atoms with van der Waals surface area (Å²) in [4.78, 5) is 2.49. The minimum Gasteiger partial charge on any atom is -0.286 e. The number of likely N-dealkylation sites (tertiary alicyclic amines) is 1. The third kappa shape index (κ3) is 2.25. The highest BCUT2D eigenvalue weighted by molar-refractivity contribution is 5.12. The zero-order valence-corrected chi connectivity index (χ0v) is 10.7. The lowest BCUT2D eigenvalue weighted by Gasteiger charge is -2.47. The molecule has 2 fully saturated rings. The molecule has 2 nitrogen and oxygen atoms in total. The average molecular weight is 220 g/mol. The van der Waals surface area contributed by atoms with E-state index < -0.39 is 0 Å². The topological polar surface area (TPSA) is 27.0 Å². The summed E-state index contributed by atoms with van der Waals surface area (Å²) in [5.41, 5.74) is -0.127. The molecule has 0 spiro atoms. The van der Waals surface area contributed by atoms with Crippen LogP contribution in [-0.4, -0.2) is 23.5 Å². The highest BCUT2D eigenvalue weighted by Crippen LogP contribution is 2.40. The van der Waals surface area contributed by atoms with Gasteiger partial charge in [-0.15, -0.1) is 0 Å². The summed E-state index contributed by atoms with van der Waals surface area (Å²) >= 11 is 0. The van der Waals surface area contributed by atoms with Gasteiger partial charge in [-0.1, -0.05) is 20.3 Å². The first kappa shape index (κ1) is 11.9. The molecule has 0 aromatic carbocycles. The van der Waals surface area contributed by atoms with Crippen LogP contribution in [0.4, 0.5) is 0 Å². The van der Waals surface area contributed by atoms with Gasteiger partial charge in [-0.2, -0.15) is 5.26 Å². The highest BCUT2D eigenvalue weighted by atomic mass is 15.2. The molecule has 0 aromatic heterocycles. The van der Waals surface area contributed by atoms with Crippen LogP contribution in [0.25, 0.3) is 0 Å². The predicted octanol–water partition coefficient (Wildman–Crippen LogP) is 3.19. The zero-order chi connectivity index (χ0) is 11.6. The fourth-order valence-corrected chi connectivity index (χ4v) is 3.83. The number of hydrogen-bond acceptors (Lipinski definition) is 2. The van der Waals surface area contributed by atoms with Crippen LogP contribution < -0.4 is 0 Å². The lowest BCUT2D eigenvalue weighted by molar-refractivity contribution is 0.0414. The van der Waals surface area contributed by atoms with Gasteiger partial charge in [0.15, 0.2) is 0 Å². The van der Waals surface area contributed by atoms with E-state index in [9.17, 15) is 5.26 Å². The molecule has 90 valence electrons. The fraction of sp³-hybridized carbons (Fsp3) is 0.929. The van der Waals surface area contributed by atoms with E-state index in [1.807, 2.05) is 0 Å². The Morgan fingerprint density at radius 3 is 2.12 bits per heavy atom. The van der Waals surface area contributed by atoms with E-state index in [1.54, 1.807) is 0 Å². The number of nitrogens with zero attached hydrogens (tertiary/aromatic N) is 2. The SMILES string of the molecule is CC1CC(C)CC(C#N)(N2CCCCC2)C1. The fourth-order valence-electron chi connectivity index (χ4n) is 3.83. The van der Waals surface area contributed by atoms with E-state index >= 15 is 0 Å². The Bertz CT molecular complexity index is 263. The molecule has 1 saturated heterocycles. The van der Waals surface area contributed by atoms with E-state index in [-0.39, 0.29) is 5.54 Å². The Morgan fingerprint density at radius 2 is 1.62 bits per heavy atom. The molecule has 2 atom stereocenters. The number of piperidine rings is 1. The van der Waals surface area contributed by atoms with Gasteiger partial charge in [0.2, 0.25) is 0 Å². The Hall–Kier alpha value is -0.550. The van der Waals surface area contributed by atoms with E-state index in [0.29, 0.717) is 11.8 Å². The molecule has 0 bridgehead atoms. The van der Waals surface area contributed by atoms with Crippen LogP contribution in [0.5, 0.6) is 0 Å². The lowest BCUT2D eigenvalue weighted by atomic mass is 9.71. The summed E-state index contributed by atoms with van der Waals surface area (Å²) in [6.07, 6.45) is 7.40. The zero-order valence-electron chi connectivity index (χ0n) is 10.7. The van der Waals surface area contributed by atoms with E-state index in [1.165, 1.54) is 25.7 Å². The minimum atomic E-state index is -0.127. The Kier molecular flexibility index (Phi) is 3.54. The molecule has 1 saturated carbocycles.